The predicted octanol–water partition coefficient (Wildman–Crippen LogP) is 2.18. The first kappa shape index (κ1) is 15.6. The van der Waals surface area contributed by atoms with Crippen molar-refractivity contribution < 1.29 is 14.4 Å². The summed E-state index contributed by atoms with van der Waals surface area (Å²) in [7, 11) is 0. The lowest BCUT2D eigenvalue weighted by atomic mass is 10.1. The number of benzene rings is 1. The molecule has 0 spiro atoms. The third kappa shape index (κ3) is 4.97. The average Bonchev–Trinajstić information content (AvgIpc) is 2.42. The van der Waals surface area contributed by atoms with E-state index in [2.05, 4.69) is 13.8 Å². The maximum Gasteiger partial charge on any atom is 0.128 e. The minimum absolute atomic E-state index is 0.663. The van der Waals surface area contributed by atoms with E-state index in [9.17, 15) is 0 Å². The zero-order chi connectivity index (χ0) is 14.4. The van der Waals surface area contributed by atoms with Crippen LogP contribution < -0.4 is 9.64 Å². The Labute approximate surface area is 126 Å². The monoisotopic (exact) mass is 298 g/mol. The Morgan fingerprint density at radius 1 is 1.30 bits per heavy atom. The number of morpholine rings is 1. The van der Waals surface area contributed by atoms with Crippen LogP contribution >= 0.6 is 11.6 Å². The minimum Gasteiger partial charge on any atom is -0.493 e. The standard InChI is InChI=1S/C16H24ClNO2/c1-13(2)5-8-20-16-4-3-15(17)11-14(16)12-18-6-9-19-10-7-18/h3-4,11,13H,5-10,12H2,1-2H3/p+1. The van der Waals surface area contributed by atoms with Crippen LogP contribution in [-0.4, -0.2) is 32.9 Å². The summed E-state index contributed by atoms with van der Waals surface area (Å²) in [6.45, 7) is 9.95. The number of quaternary nitrogens is 1. The lowest BCUT2D eigenvalue weighted by molar-refractivity contribution is -0.921. The Morgan fingerprint density at radius 2 is 2.05 bits per heavy atom. The van der Waals surface area contributed by atoms with Crippen LogP contribution in [0.3, 0.4) is 0 Å². The molecule has 0 bridgehead atoms. The molecule has 1 aliphatic rings. The van der Waals surface area contributed by atoms with Crippen molar-refractivity contribution in [3.8, 4) is 5.75 Å². The van der Waals surface area contributed by atoms with E-state index >= 15 is 0 Å². The molecule has 3 nitrogen and oxygen atoms in total. The third-order valence-electron chi connectivity index (χ3n) is 3.62. The number of nitrogens with one attached hydrogen (secondary N) is 1. The van der Waals surface area contributed by atoms with Gasteiger partial charge in [0.2, 0.25) is 0 Å². The van der Waals surface area contributed by atoms with Crippen LogP contribution in [-0.2, 0) is 11.3 Å². The van der Waals surface area contributed by atoms with Gasteiger partial charge in [0.15, 0.2) is 0 Å². The van der Waals surface area contributed by atoms with Gasteiger partial charge in [0, 0.05) is 10.6 Å². The van der Waals surface area contributed by atoms with Crippen LogP contribution in [0.5, 0.6) is 5.75 Å². The number of halogens is 1. The second-order valence-corrected chi connectivity index (χ2v) is 6.26. The molecule has 1 N–H and O–H groups in total. The van der Waals surface area contributed by atoms with Gasteiger partial charge in [-0.05, 0) is 30.5 Å². The van der Waals surface area contributed by atoms with Crippen LogP contribution in [0.25, 0.3) is 0 Å². The molecule has 112 valence electrons. The molecule has 0 unspecified atom stereocenters. The smallest absolute Gasteiger partial charge is 0.128 e. The van der Waals surface area contributed by atoms with Gasteiger partial charge in [-0.1, -0.05) is 25.4 Å². The summed E-state index contributed by atoms with van der Waals surface area (Å²) in [5.41, 5.74) is 1.21. The molecule has 2 rings (SSSR count). The molecule has 1 heterocycles. The summed E-state index contributed by atoms with van der Waals surface area (Å²) in [4.78, 5) is 1.53. The van der Waals surface area contributed by atoms with E-state index in [1.165, 1.54) is 10.5 Å². The van der Waals surface area contributed by atoms with Gasteiger partial charge in [0.05, 0.1) is 19.8 Å². The zero-order valence-electron chi connectivity index (χ0n) is 12.5. The summed E-state index contributed by atoms with van der Waals surface area (Å²) in [5.74, 6) is 1.64. The molecule has 4 heteroatoms. The van der Waals surface area contributed by atoms with Crippen molar-refractivity contribution in [2.24, 2.45) is 5.92 Å². The number of hydrogen-bond donors (Lipinski definition) is 1. The van der Waals surface area contributed by atoms with Gasteiger partial charge in [-0.2, -0.15) is 0 Å². The van der Waals surface area contributed by atoms with E-state index in [1.54, 1.807) is 0 Å². The lowest BCUT2D eigenvalue weighted by Gasteiger charge is -2.24. The molecule has 1 aromatic rings. The molecule has 1 aliphatic heterocycles. The van der Waals surface area contributed by atoms with Gasteiger partial charge in [-0.25, -0.2) is 0 Å². The van der Waals surface area contributed by atoms with Crippen molar-refractivity contribution in [3.63, 3.8) is 0 Å². The van der Waals surface area contributed by atoms with E-state index in [0.29, 0.717) is 5.92 Å². The largest absolute Gasteiger partial charge is 0.493 e. The Hall–Kier alpha value is -0.770. The zero-order valence-corrected chi connectivity index (χ0v) is 13.2. The summed E-state index contributed by atoms with van der Waals surface area (Å²) < 4.78 is 11.3. The fourth-order valence-corrected chi connectivity index (χ4v) is 2.53. The first-order valence-electron chi connectivity index (χ1n) is 7.47. The Morgan fingerprint density at radius 3 is 2.75 bits per heavy atom. The molecule has 1 saturated heterocycles. The predicted molar refractivity (Wildman–Crippen MR) is 81.6 cm³/mol. The quantitative estimate of drug-likeness (QED) is 0.870. The van der Waals surface area contributed by atoms with Crippen LogP contribution in [0, 0.1) is 5.92 Å². The molecule has 1 fully saturated rings. The van der Waals surface area contributed by atoms with Gasteiger partial charge in [-0.3, -0.25) is 0 Å². The molecular formula is C16H25ClNO2+. The molecule has 0 amide bonds. The summed E-state index contributed by atoms with van der Waals surface area (Å²) in [5, 5.41) is 0.781. The Bertz CT molecular complexity index is 417. The van der Waals surface area contributed by atoms with Gasteiger partial charge in [0.25, 0.3) is 0 Å². The van der Waals surface area contributed by atoms with E-state index in [0.717, 1.165) is 56.6 Å². The van der Waals surface area contributed by atoms with Crippen molar-refractivity contribution in [2.75, 3.05) is 32.9 Å². The minimum atomic E-state index is 0.663. The average molecular weight is 299 g/mol. The highest BCUT2D eigenvalue weighted by molar-refractivity contribution is 6.30. The maximum atomic E-state index is 6.13. The highest BCUT2D eigenvalue weighted by Gasteiger charge is 2.17. The summed E-state index contributed by atoms with van der Waals surface area (Å²) >= 11 is 6.13. The van der Waals surface area contributed by atoms with E-state index in [4.69, 9.17) is 21.1 Å². The van der Waals surface area contributed by atoms with Gasteiger partial charge in [-0.15, -0.1) is 0 Å². The fourth-order valence-electron chi connectivity index (χ4n) is 2.34. The summed E-state index contributed by atoms with van der Waals surface area (Å²) in [6, 6.07) is 5.94. The number of hydrogen-bond acceptors (Lipinski definition) is 2. The third-order valence-corrected chi connectivity index (χ3v) is 3.85. The Kier molecular flexibility index (Phi) is 6.14. The molecule has 0 atom stereocenters. The lowest BCUT2D eigenvalue weighted by Crippen LogP contribution is -3.12. The molecule has 0 radical (unpaired) electrons. The highest BCUT2D eigenvalue weighted by Crippen LogP contribution is 2.23. The highest BCUT2D eigenvalue weighted by atomic mass is 35.5. The normalized spacial score (nSPS) is 16.6. The number of ether oxygens (including phenoxy) is 2. The molecular weight excluding hydrogens is 274 g/mol. The topological polar surface area (TPSA) is 22.9 Å². The molecule has 20 heavy (non-hydrogen) atoms. The van der Waals surface area contributed by atoms with E-state index in [-0.39, 0.29) is 0 Å². The van der Waals surface area contributed by atoms with Crippen LogP contribution in [0.1, 0.15) is 25.8 Å². The van der Waals surface area contributed by atoms with Crippen LogP contribution in [0.2, 0.25) is 5.02 Å². The van der Waals surface area contributed by atoms with Gasteiger partial charge < -0.3 is 14.4 Å². The Balaban J connectivity index is 1.99. The SMILES string of the molecule is CC(C)CCOc1ccc(Cl)cc1C[NH+]1CCOCC1. The van der Waals surface area contributed by atoms with Gasteiger partial charge >= 0.3 is 0 Å². The summed E-state index contributed by atoms with van der Waals surface area (Å²) in [6.07, 6.45) is 1.08. The molecule has 0 aromatic heterocycles. The van der Waals surface area contributed by atoms with Crippen molar-refractivity contribution in [1.29, 1.82) is 0 Å². The van der Waals surface area contributed by atoms with Crippen molar-refractivity contribution >= 4 is 11.6 Å². The van der Waals surface area contributed by atoms with Crippen molar-refractivity contribution in [3.05, 3.63) is 28.8 Å². The molecule has 0 aliphatic carbocycles. The molecule has 1 aromatic carbocycles. The second-order valence-electron chi connectivity index (χ2n) is 5.82. The van der Waals surface area contributed by atoms with Crippen LogP contribution in [0.4, 0.5) is 0 Å². The first-order valence-corrected chi connectivity index (χ1v) is 7.85. The van der Waals surface area contributed by atoms with Crippen molar-refractivity contribution in [2.45, 2.75) is 26.8 Å². The first-order chi connectivity index (χ1) is 9.65. The van der Waals surface area contributed by atoms with Gasteiger partial charge in [0.1, 0.15) is 25.4 Å². The van der Waals surface area contributed by atoms with E-state index < -0.39 is 0 Å². The molecule has 0 saturated carbocycles. The van der Waals surface area contributed by atoms with Crippen LogP contribution in [0.15, 0.2) is 18.2 Å². The van der Waals surface area contributed by atoms with Crippen molar-refractivity contribution in [1.82, 2.24) is 0 Å². The number of rotatable bonds is 6. The fraction of sp³-hybridized carbons (Fsp3) is 0.625. The van der Waals surface area contributed by atoms with E-state index in [1.807, 2.05) is 18.2 Å². The maximum absolute atomic E-state index is 6.13. The second kappa shape index (κ2) is 7.87.